The zero-order chi connectivity index (χ0) is 17.8. The van der Waals surface area contributed by atoms with Crippen LogP contribution in [0.2, 0.25) is 0 Å². The van der Waals surface area contributed by atoms with Crippen molar-refractivity contribution < 1.29 is 26.0 Å². The summed E-state index contributed by atoms with van der Waals surface area (Å²) in [5.41, 5.74) is 0.198. The summed E-state index contributed by atoms with van der Waals surface area (Å²) in [6, 6.07) is 10.2. The van der Waals surface area contributed by atoms with E-state index >= 15 is 0 Å². The van der Waals surface area contributed by atoms with Gasteiger partial charge in [0.2, 0.25) is 20.0 Å². The fraction of sp³-hybridized carbons (Fsp3) is 0.143. The molecule has 0 bridgehead atoms. The van der Waals surface area contributed by atoms with Crippen molar-refractivity contribution in [1.82, 2.24) is 0 Å². The SMILES string of the molecule is NS(=O)(=O)c1ccc(NS(=O)(=O)CCOc2ccc(F)cc2)cc1. The van der Waals surface area contributed by atoms with Crippen molar-refractivity contribution in [2.24, 2.45) is 5.14 Å². The van der Waals surface area contributed by atoms with Crippen LogP contribution < -0.4 is 14.6 Å². The van der Waals surface area contributed by atoms with Gasteiger partial charge in [0, 0.05) is 5.69 Å². The van der Waals surface area contributed by atoms with Gasteiger partial charge in [-0.2, -0.15) is 0 Å². The lowest BCUT2D eigenvalue weighted by Gasteiger charge is -2.10. The van der Waals surface area contributed by atoms with Gasteiger partial charge >= 0.3 is 0 Å². The molecule has 0 saturated heterocycles. The third-order valence-electron chi connectivity index (χ3n) is 2.89. The highest BCUT2D eigenvalue weighted by molar-refractivity contribution is 7.92. The number of hydrogen-bond acceptors (Lipinski definition) is 5. The smallest absolute Gasteiger partial charge is 0.238 e. The average molecular weight is 374 g/mol. The molecule has 0 heterocycles. The molecule has 0 saturated carbocycles. The Hall–Kier alpha value is -2.17. The molecule has 0 aliphatic heterocycles. The number of benzene rings is 2. The molecule has 2 aromatic rings. The molecular formula is C14H15FN2O5S2. The molecule has 10 heteroatoms. The number of primary sulfonamides is 1. The van der Waals surface area contributed by atoms with Gasteiger partial charge in [0.25, 0.3) is 0 Å². The average Bonchev–Trinajstić information content (AvgIpc) is 2.48. The Kier molecular flexibility index (Phi) is 5.42. The quantitative estimate of drug-likeness (QED) is 0.758. The summed E-state index contributed by atoms with van der Waals surface area (Å²) in [5, 5.41) is 4.96. The molecule has 0 fully saturated rings. The zero-order valence-electron chi connectivity index (χ0n) is 12.3. The molecule has 24 heavy (non-hydrogen) atoms. The molecule has 7 nitrogen and oxygen atoms in total. The first kappa shape index (κ1) is 18.2. The van der Waals surface area contributed by atoms with Gasteiger partial charge in [0.15, 0.2) is 0 Å². The molecular weight excluding hydrogens is 359 g/mol. The van der Waals surface area contributed by atoms with E-state index in [-0.39, 0.29) is 22.9 Å². The van der Waals surface area contributed by atoms with Crippen LogP contribution in [-0.4, -0.2) is 29.2 Å². The van der Waals surface area contributed by atoms with Gasteiger partial charge in [-0.15, -0.1) is 0 Å². The fourth-order valence-corrected chi connectivity index (χ4v) is 3.16. The van der Waals surface area contributed by atoms with E-state index in [1.807, 2.05) is 0 Å². The highest BCUT2D eigenvalue weighted by Crippen LogP contribution is 2.15. The number of rotatable bonds is 7. The van der Waals surface area contributed by atoms with E-state index in [4.69, 9.17) is 9.88 Å². The number of nitrogens with one attached hydrogen (secondary N) is 1. The van der Waals surface area contributed by atoms with E-state index in [2.05, 4.69) is 4.72 Å². The Balaban J connectivity index is 1.92. The molecule has 0 amide bonds. The van der Waals surface area contributed by atoms with E-state index < -0.39 is 25.9 Å². The Labute approximate surface area is 139 Å². The summed E-state index contributed by atoms with van der Waals surface area (Å²) in [4.78, 5) is -0.120. The van der Waals surface area contributed by atoms with Gasteiger partial charge in [0.05, 0.1) is 4.90 Å². The van der Waals surface area contributed by atoms with Crippen molar-refractivity contribution in [1.29, 1.82) is 0 Å². The summed E-state index contributed by atoms with van der Waals surface area (Å²) in [7, 11) is -7.53. The first-order chi connectivity index (χ1) is 11.2. The number of anilines is 1. The Morgan fingerprint density at radius 1 is 0.958 bits per heavy atom. The van der Waals surface area contributed by atoms with Crippen LogP contribution in [0.25, 0.3) is 0 Å². The predicted molar refractivity (Wildman–Crippen MR) is 87.1 cm³/mol. The van der Waals surface area contributed by atoms with E-state index in [9.17, 15) is 21.2 Å². The minimum Gasteiger partial charge on any atom is -0.492 e. The molecule has 0 radical (unpaired) electrons. The number of hydrogen-bond donors (Lipinski definition) is 2. The predicted octanol–water partition coefficient (Wildman–Crippen LogP) is 1.29. The van der Waals surface area contributed by atoms with Crippen molar-refractivity contribution in [3.63, 3.8) is 0 Å². The minimum atomic E-state index is -3.84. The van der Waals surface area contributed by atoms with Gasteiger partial charge in [0.1, 0.15) is 23.9 Å². The number of halogens is 1. The minimum absolute atomic E-state index is 0.120. The van der Waals surface area contributed by atoms with Crippen molar-refractivity contribution in [3.8, 4) is 5.75 Å². The van der Waals surface area contributed by atoms with Crippen LogP contribution in [-0.2, 0) is 20.0 Å². The monoisotopic (exact) mass is 374 g/mol. The lowest BCUT2D eigenvalue weighted by molar-refractivity contribution is 0.340. The second-order valence-corrected chi connectivity index (χ2v) is 8.20. The molecule has 2 aromatic carbocycles. The normalized spacial score (nSPS) is 11.9. The summed E-state index contributed by atoms with van der Waals surface area (Å²) in [5.74, 6) is -0.398. The van der Waals surface area contributed by atoms with E-state index in [1.165, 1.54) is 48.5 Å². The zero-order valence-corrected chi connectivity index (χ0v) is 14.0. The van der Waals surface area contributed by atoms with E-state index in [0.29, 0.717) is 5.75 Å². The van der Waals surface area contributed by atoms with Crippen LogP contribution in [0.1, 0.15) is 0 Å². The highest BCUT2D eigenvalue weighted by Gasteiger charge is 2.12. The van der Waals surface area contributed by atoms with E-state index in [0.717, 1.165) is 0 Å². The lowest BCUT2D eigenvalue weighted by atomic mass is 10.3. The van der Waals surface area contributed by atoms with E-state index in [1.54, 1.807) is 0 Å². The fourth-order valence-electron chi connectivity index (χ4n) is 1.74. The number of ether oxygens (including phenoxy) is 1. The number of sulfonamides is 2. The van der Waals surface area contributed by atoms with Crippen LogP contribution in [0.5, 0.6) is 5.75 Å². The maximum atomic E-state index is 12.7. The number of nitrogens with two attached hydrogens (primary N) is 1. The van der Waals surface area contributed by atoms with Gasteiger partial charge in [-0.05, 0) is 48.5 Å². The molecule has 0 unspecified atom stereocenters. The highest BCUT2D eigenvalue weighted by atomic mass is 32.2. The molecule has 2 rings (SSSR count). The van der Waals surface area contributed by atoms with Gasteiger partial charge in [-0.25, -0.2) is 26.4 Å². The van der Waals surface area contributed by atoms with Crippen LogP contribution in [0, 0.1) is 5.82 Å². The van der Waals surface area contributed by atoms with Crippen LogP contribution in [0.3, 0.4) is 0 Å². The molecule has 0 spiro atoms. The third-order valence-corrected chi connectivity index (χ3v) is 5.07. The standard InChI is InChI=1S/C14H15FN2O5S2/c15-11-1-5-13(6-2-11)22-9-10-23(18,19)17-12-3-7-14(8-4-12)24(16,20)21/h1-8,17H,9-10H2,(H2,16,20,21). The first-order valence-corrected chi connectivity index (χ1v) is 9.87. The molecule has 130 valence electrons. The largest absolute Gasteiger partial charge is 0.492 e. The molecule has 0 atom stereocenters. The lowest BCUT2D eigenvalue weighted by Crippen LogP contribution is -2.21. The molecule has 3 N–H and O–H groups in total. The Morgan fingerprint density at radius 2 is 1.54 bits per heavy atom. The summed E-state index contributed by atoms with van der Waals surface area (Å²) in [6.07, 6.45) is 0. The van der Waals surface area contributed by atoms with Crippen LogP contribution in [0.15, 0.2) is 53.4 Å². The van der Waals surface area contributed by atoms with Crippen LogP contribution in [0.4, 0.5) is 10.1 Å². The van der Waals surface area contributed by atoms with Crippen molar-refractivity contribution in [2.75, 3.05) is 17.1 Å². The Bertz CT molecular complexity index is 895. The van der Waals surface area contributed by atoms with Gasteiger partial charge in [-0.3, -0.25) is 4.72 Å². The maximum absolute atomic E-state index is 12.7. The van der Waals surface area contributed by atoms with Crippen molar-refractivity contribution >= 4 is 25.7 Å². The first-order valence-electron chi connectivity index (χ1n) is 6.67. The summed E-state index contributed by atoms with van der Waals surface area (Å²) < 4.78 is 66.4. The summed E-state index contributed by atoms with van der Waals surface area (Å²) in [6.45, 7) is -0.129. The molecule has 0 aliphatic carbocycles. The van der Waals surface area contributed by atoms with Crippen LogP contribution >= 0.6 is 0 Å². The third kappa shape index (κ3) is 5.48. The van der Waals surface area contributed by atoms with Crippen molar-refractivity contribution in [3.05, 3.63) is 54.3 Å². The topological polar surface area (TPSA) is 116 Å². The molecule has 0 aromatic heterocycles. The molecule has 0 aliphatic rings. The second-order valence-electron chi connectivity index (χ2n) is 4.79. The Morgan fingerprint density at radius 3 is 2.08 bits per heavy atom. The van der Waals surface area contributed by atoms with Gasteiger partial charge in [-0.1, -0.05) is 0 Å². The summed E-state index contributed by atoms with van der Waals surface area (Å²) >= 11 is 0. The second kappa shape index (κ2) is 7.16. The van der Waals surface area contributed by atoms with Crippen molar-refractivity contribution in [2.45, 2.75) is 4.90 Å². The maximum Gasteiger partial charge on any atom is 0.238 e. The van der Waals surface area contributed by atoms with Gasteiger partial charge < -0.3 is 4.74 Å².